The van der Waals surface area contributed by atoms with Gasteiger partial charge in [0.05, 0.1) is 18.0 Å². The number of fused-ring (bicyclic) bond motifs is 5. The molecular weight excluding hydrogens is 677 g/mol. The zero-order chi connectivity index (χ0) is 36.8. The first-order valence-corrected chi connectivity index (χ1v) is 19.4. The minimum atomic E-state index is 0.108. The van der Waals surface area contributed by atoms with Crippen molar-refractivity contribution in [2.75, 3.05) is 21.4 Å². The molecule has 0 atom stereocenters. The van der Waals surface area contributed by atoms with Crippen molar-refractivity contribution in [2.24, 2.45) is 0 Å². The average molecular weight is 719 g/mol. The van der Waals surface area contributed by atoms with Gasteiger partial charge in [-0.15, -0.1) is 0 Å². The standard InChI is InChI=1S/C49H42N4S/c1-34-29-48(50-32-45(34)35-21-23-36(24-22-35)49(2,3)4)53-46-20-11-10-19-43(46)41-17-8-9-18-42(41)44-26-25-40(31-47(44)53)54-39-16-12-15-38(30-39)52-28-27-51(33-52)37-13-6-5-7-14-37/h5-32H,33H2,1-4H3. The van der Waals surface area contributed by atoms with Gasteiger partial charge in [-0.05, 0) is 94.8 Å². The van der Waals surface area contributed by atoms with Crippen LogP contribution >= 0.6 is 11.8 Å². The Morgan fingerprint density at radius 3 is 1.89 bits per heavy atom. The van der Waals surface area contributed by atoms with Crippen molar-refractivity contribution in [3.8, 4) is 33.4 Å². The molecule has 0 aliphatic carbocycles. The van der Waals surface area contributed by atoms with Crippen LogP contribution in [0, 0.1) is 6.92 Å². The number of aromatic nitrogens is 1. The van der Waals surface area contributed by atoms with Crippen molar-refractivity contribution in [3.05, 3.63) is 181 Å². The minimum Gasteiger partial charge on any atom is -0.328 e. The number of aryl methyl sites for hydroxylation is 1. The predicted octanol–water partition coefficient (Wildman–Crippen LogP) is 13.4. The highest BCUT2D eigenvalue weighted by atomic mass is 32.2. The van der Waals surface area contributed by atoms with E-state index in [1.165, 1.54) is 60.1 Å². The van der Waals surface area contributed by atoms with Crippen LogP contribution < -0.4 is 14.7 Å². The van der Waals surface area contributed by atoms with Crippen LogP contribution in [0.4, 0.5) is 28.6 Å². The lowest BCUT2D eigenvalue weighted by Crippen LogP contribution is -2.24. The van der Waals surface area contributed by atoms with Crippen LogP contribution in [0.5, 0.6) is 0 Å². The third-order valence-electron chi connectivity index (χ3n) is 10.5. The van der Waals surface area contributed by atoms with E-state index in [1.807, 2.05) is 6.20 Å². The molecule has 0 saturated carbocycles. The van der Waals surface area contributed by atoms with Gasteiger partial charge in [0.1, 0.15) is 5.82 Å². The smallest absolute Gasteiger partial charge is 0.137 e. The fourth-order valence-electron chi connectivity index (χ4n) is 7.56. The maximum atomic E-state index is 5.21. The second-order valence-electron chi connectivity index (χ2n) is 15.1. The number of nitrogens with zero attached hydrogens (tertiary/aromatic N) is 4. The Morgan fingerprint density at radius 2 is 1.17 bits per heavy atom. The first-order valence-electron chi connectivity index (χ1n) is 18.6. The van der Waals surface area contributed by atoms with E-state index in [0.29, 0.717) is 0 Å². The zero-order valence-electron chi connectivity index (χ0n) is 31.1. The maximum Gasteiger partial charge on any atom is 0.137 e. The lowest BCUT2D eigenvalue weighted by atomic mass is 9.86. The van der Waals surface area contributed by atoms with E-state index in [2.05, 4.69) is 206 Å². The van der Waals surface area contributed by atoms with Crippen LogP contribution in [0.3, 0.4) is 0 Å². The van der Waals surface area contributed by atoms with E-state index < -0.39 is 0 Å². The molecule has 7 aromatic rings. The second kappa shape index (κ2) is 13.7. The molecule has 6 aromatic carbocycles. The van der Waals surface area contributed by atoms with Crippen LogP contribution in [-0.2, 0) is 5.41 Å². The van der Waals surface area contributed by atoms with E-state index in [-0.39, 0.29) is 5.41 Å². The van der Waals surface area contributed by atoms with E-state index in [4.69, 9.17) is 4.98 Å². The highest BCUT2D eigenvalue weighted by Crippen LogP contribution is 2.51. The molecule has 1 aromatic heterocycles. The summed E-state index contributed by atoms with van der Waals surface area (Å²) in [7, 11) is 0. The SMILES string of the molecule is Cc1cc(N2c3ccccc3-c3ccccc3-c3ccc(Sc4cccc(N5C=CN(c6ccccc6)C5)c4)cc32)ncc1-c1ccc(C(C)(C)C)cc1. The van der Waals surface area contributed by atoms with Crippen LogP contribution in [0.2, 0.25) is 0 Å². The van der Waals surface area contributed by atoms with Crippen LogP contribution in [0.25, 0.3) is 33.4 Å². The van der Waals surface area contributed by atoms with E-state index >= 15 is 0 Å². The quantitative estimate of drug-likeness (QED) is 0.170. The largest absolute Gasteiger partial charge is 0.328 e. The first-order chi connectivity index (χ1) is 26.3. The zero-order valence-corrected chi connectivity index (χ0v) is 31.9. The van der Waals surface area contributed by atoms with Gasteiger partial charge in [0.15, 0.2) is 0 Å². The maximum absolute atomic E-state index is 5.21. The van der Waals surface area contributed by atoms with Crippen molar-refractivity contribution in [1.82, 2.24) is 4.98 Å². The summed E-state index contributed by atoms with van der Waals surface area (Å²) in [5.41, 5.74) is 14.4. The Hall–Kier alpha value is -6.04. The molecule has 0 radical (unpaired) electrons. The number of anilines is 5. The summed E-state index contributed by atoms with van der Waals surface area (Å²) in [6.07, 6.45) is 6.36. The van der Waals surface area contributed by atoms with Gasteiger partial charge in [-0.25, -0.2) is 4.98 Å². The molecule has 264 valence electrons. The van der Waals surface area contributed by atoms with Gasteiger partial charge in [-0.2, -0.15) is 0 Å². The van der Waals surface area contributed by atoms with E-state index in [1.54, 1.807) is 11.8 Å². The first kappa shape index (κ1) is 33.8. The number of hydrogen-bond donors (Lipinski definition) is 0. The molecule has 0 saturated heterocycles. The molecule has 0 spiro atoms. The van der Waals surface area contributed by atoms with Crippen molar-refractivity contribution in [2.45, 2.75) is 42.9 Å². The van der Waals surface area contributed by atoms with E-state index in [0.717, 1.165) is 29.4 Å². The van der Waals surface area contributed by atoms with Gasteiger partial charge >= 0.3 is 0 Å². The van der Waals surface area contributed by atoms with Crippen LogP contribution in [-0.4, -0.2) is 11.7 Å². The second-order valence-corrected chi connectivity index (χ2v) is 16.2. The molecule has 3 heterocycles. The molecule has 54 heavy (non-hydrogen) atoms. The fourth-order valence-corrected chi connectivity index (χ4v) is 8.47. The molecule has 0 fully saturated rings. The summed E-state index contributed by atoms with van der Waals surface area (Å²) in [6, 6.07) is 54.9. The Morgan fingerprint density at radius 1 is 0.537 bits per heavy atom. The Labute approximate surface area is 323 Å². The molecule has 2 aliphatic rings. The van der Waals surface area contributed by atoms with E-state index in [9.17, 15) is 0 Å². The van der Waals surface area contributed by atoms with Gasteiger partial charge in [0.25, 0.3) is 0 Å². The van der Waals surface area contributed by atoms with Gasteiger partial charge in [-0.3, -0.25) is 4.90 Å². The molecule has 2 aliphatic heterocycles. The highest BCUT2D eigenvalue weighted by Gasteiger charge is 2.27. The third-order valence-corrected chi connectivity index (χ3v) is 11.4. The van der Waals surface area contributed by atoms with Gasteiger partial charge in [-0.1, -0.05) is 130 Å². The lowest BCUT2D eigenvalue weighted by Gasteiger charge is -2.27. The Balaban J connectivity index is 1.09. The number of para-hydroxylation sites is 2. The third kappa shape index (κ3) is 6.35. The molecule has 0 unspecified atom stereocenters. The summed E-state index contributed by atoms with van der Waals surface area (Å²) in [6.45, 7) is 9.74. The molecule has 9 rings (SSSR count). The molecule has 0 amide bonds. The topological polar surface area (TPSA) is 22.6 Å². The molecule has 0 N–H and O–H groups in total. The monoisotopic (exact) mass is 718 g/mol. The normalized spacial score (nSPS) is 13.4. The van der Waals surface area contributed by atoms with Crippen molar-refractivity contribution in [1.29, 1.82) is 0 Å². The number of benzene rings is 6. The summed E-state index contributed by atoms with van der Waals surface area (Å²) in [4.78, 5) is 14.5. The molecule has 4 nitrogen and oxygen atoms in total. The molecular formula is C49H42N4S. The van der Waals surface area contributed by atoms with Gasteiger partial charge in [0, 0.05) is 56.5 Å². The molecule has 5 heteroatoms. The summed E-state index contributed by atoms with van der Waals surface area (Å²) < 4.78 is 0. The number of hydrogen-bond acceptors (Lipinski definition) is 5. The van der Waals surface area contributed by atoms with Gasteiger partial charge < -0.3 is 9.80 Å². The summed E-state index contributed by atoms with van der Waals surface area (Å²) >= 11 is 1.79. The average Bonchev–Trinajstić information content (AvgIpc) is 3.66. The highest BCUT2D eigenvalue weighted by molar-refractivity contribution is 7.99. The lowest BCUT2D eigenvalue weighted by molar-refractivity contribution is 0.590. The number of rotatable bonds is 6. The summed E-state index contributed by atoms with van der Waals surface area (Å²) in [5.74, 6) is 0.900. The van der Waals surface area contributed by atoms with Crippen molar-refractivity contribution < 1.29 is 0 Å². The van der Waals surface area contributed by atoms with Crippen LogP contribution in [0.15, 0.2) is 180 Å². The fraction of sp³-hybridized carbons (Fsp3) is 0.122. The van der Waals surface area contributed by atoms with Gasteiger partial charge in [0.2, 0.25) is 0 Å². The van der Waals surface area contributed by atoms with Crippen LogP contribution in [0.1, 0.15) is 31.9 Å². The predicted molar refractivity (Wildman–Crippen MR) is 228 cm³/mol. The summed E-state index contributed by atoms with van der Waals surface area (Å²) in [5, 5.41) is 0. The molecule has 0 bridgehead atoms. The Kier molecular flexibility index (Phi) is 8.59. The minimum absolute atomic E-state index is 0.108. The van der Waals surface area contributed by atoms with Crippen molar-refractivity contribution >= 4 is 40.3 Å². The Bertz CT molecular complexity index is 2520. The number of pyridine rings is 1. The van der Waals surface area contributed by atoms with Crippen molar-refractivity contribution in [3.63, 3.8) is 0 Å².